The first-order valence-electron chi connectivity index (χ1n) is 7.13. The normalized spacial score (nSPS) is 14.2. The van der Waals surface area contributed by atoms with Crippen molar-refractivity contribution in [2.24, 2.45) is 0 Å². The third-order valence-electron chi connectivity index (χ3n) is 3.45. The zero-order valence-electron chi connectivity index (χ0n) is 11.3. The largest absolute Gasteiger partial charge is 0.370 e. The van der Waals surface area contributed by atoms with Gasteiger partial charge in [0, 0.05) is 18.5 Å². The summed E-state index contributed by atoms with van der Waals surface area (Å²) < 4.78 is 0.875. The minimum Gasteiger partial charge on any atom is -0.370 e. The predicted molar refractivity (Wildman–Crippen MR) is 85.0 cm³/mol. The van der Waals surface area contributed by atoms with E-state index in [0.29, 0.717) is 5.92 Å². The zero-order valence-corrected chi connectivity index (χ0v) is 12.9. The number of hydrogen-bond acceptors (Lipinski definition) is 3. The fraction of sp³-hybridized carbons (Fsp3) is 0.375. The first-order valence-corrected chi connectivity index (χ1v) is 7.93. The predicted octanol–water partition coefficient (Wildman–Crippen LogP) is 4.16. The number of benzene rings is 1. The van der Waals surface area contributed by atoms with E-state index in [1.54, 1.807) is 0 Å². The maximum atomic E-state index is 4.59. The van der Waals surface area contributed by atoms with Gasteiger partial charge in [-0.3, -0.25) is 0 Å². The Balaban J connectivity index is 1.51. The molecule has 0 bridgehead atoms. The molecule has 1 N–H and O–H groups in total. The van der Waals surface area contributed by atoms with Gasteiger partial charge in [-0.15, -0.1) is 0 Å². The van der Waals surface area contributed by atoms with Crippen LogP contribution in [-0.2, 0) is 6.42 Å². The Labute approximate surface area is 128 Å². The number of anilines is 1. The van der Waals surface area contributed by atoms with E-state index in [0.717, 1.165) is 35.6 Å². The number of rotatable bonds is 6. The van der Waals surface area contributed by atoms with Crippen LogP contribution in [0.4, 0.5) is 5.82 Å². The molecule has 20 heavy (non-hydrogen) atoms. The zero-order chi connectivity index (χ0) is 13.8. The number of nitrogens with one attached hydrogen (secondary N) is 1. The van der Waals surface area contributed by atoms with Crippen LogP contribution in [0.15, 0.2) is 41.0 Å². The van der Waals surface area contributed by atoms with E-state index >= 15 is 0 Å². The molecule has 1 aliphatic rings. The highest BCUT2D eigenvalue weighted by Gasteiger charge is 2.27. The molecule has 1 aliphatic carbocycles. The van der Waals surface area contributed by atoms with Crippen molar-refractivity contribution in [1.29, 1.82) is 0 Å². The lowest BCUT2D eigenvalue weighted by molar-refractivity contribution is 0.848. The maximum Gasteiger partial charge on any atom is 0.135 e. The van der Waals surface area contributed by atoms with E-state index in [1.807, 2.05) is 6.07 Å². The van der Waals surface area contributed by atoms with Crippen LogP contribution in [0.5, 0.6) is 0 Å². The maximum absolute atomic E-state index is 4.59. The van der Waals surface area contributed by atoms with Crippen LogP contribution in [0.3, 0.4) is 0 Å². The van der Waals surface area contributed by atoms with Crippen molar-refractivity contribution in [3.63, 3.8) is 0 Å². The molecule has 0 radical (unpaired) electrons. The first kappa shape index (κ1) is 13.6. The first-order chi connectivity index (χ1) is 9.81. The molecule has 4 heteroatoms. The molecule has 1 aromatic carbocycles. The molecule has 1 aromatic heterocycles. The molecule has 1 saturated carbocycles. The van der Waals surface area contributed by atoms with E-state index in [9.17, 15) is 0 Å². The number of hydrogen-bond donors (Lipinski definition) is 1. The summed E-state index contributed by atoms with van der Waals surface area (Å²) in [5.74, 6) is 2.49. The van der Waals surface area contributed by atoms with Crippen LogP contribution in [0.1, 0.15) is 36.6 Å². The molecular weight excluding hydrogens is 314 g/mol. The molecule has 0 spiro atoms. The molecule has 3 rings (SSSR count). The fourth-order valence-corrected chi connectivity index (χ4v) is 2.60. The monoisotopic (exact) mass is 331 g/mol. The topological polar surface area (TPSA) is 37.8 Å². The average Bonchev–Trinajstić information content (AvgIpc) is 3.29. The Hall–Kier alpha value is -1.42. The molecule has 104 valence electrons. The highest BCUT2D eigenvalue weighted by Crippen LogP contribution is 2.38. The van der Waals surface area contributed by atoms with Crippen LogP contribution in [0, 0.1) is 0 Å². The van der Waals surface area contributed by atoms with Gasteiger partial charge in [0.1, 0.15) is 16.2 Å². The SMILES string of the molecule is Brc1cc(NCCCc2ccccc2)nc(C2CC2)n1. The molecule has 2 aromatic rings. The van der Waals surface area contributed by atoms with E-state index in [4.69, 9.17) is 0 Å². The molecule has 0 unspecified atom stereocenters. The molecule has 0 amide bonds. The highest BCUT2D eigenvalue weighted by molar-refractivity contribution is 9.10. The van der Waals surface area contributed by atoms with E-state index in [1.165, 1.54) is 18.4 Å². The Bertz CT molecular complexity index is 567. The summed E-state index contributed by atoms with van der Waals surface area (Å²) in [5.41, 5.74) is 1.39. The standard InChI is InChI=1S/C16H18BrN3/c17-14-11-15(20-16(19-14)13-8-9-13)18-10-4-7-12-5-2-1-3-6-12/h1-3,5-6,11,13H,4,7-10H2,(H,18,19,20). The quantitative estimate of drug-likeness (QED) is 0.637. The third-order valence-corrected chi connectivity index (χ3v) is 3.85. The summed E-state index contributed by atoms with van der Waals surface area (Å²) in [6.07, 6.45) is 4.65. The second kappa shape index (κ2) is 6.35. The number of halogens is 1. The lowest BCUT2D eigenvalue weighted by Gasteiger charge is -2.07. The molecule has 1 fully saturated rings. The van der Waals surface area contributed by atoms with Crippen molar-refractivity contribution in [1.82, 2.24) is 9.97 Å². The second-order valence-corrected chi connectivity index (χ2v) is 6.04. The van der Waals surface area contributed by atoms with Crippen LogP contribution in [0.25, 0.3) is 0 Å². The number of aryl methyl sites for hydroxylation is 1. The van der Waals surface area contributed by atoms with Gasteiger partial charge in [-0.1, -0.05) is 30.3 Å². The van der Waals surface area contributed by atoms with Gasteiger partial charge in [-0.25, -0.2) is 9.97 Å². The molecule has 0 atom stereocenters. The van der Waals surface area contributed by atoms with Crippen molar-refractivity contribution in [3.8, 4) is 0 Å². The minimum atomic E-state index is 0.581. The summed E-state index contributed by atoms with van der Waals surface area (Å²) in [7, 11) is 0. The third kappa shape index (κ3) is 3.79. The summed E-state index contributed by atoms with van der Waals surface area (Å²) >= 11 is 3.46. The van der Waals surface area contributed by atoms with Gasteiger partial charge in [-0.2, -0.15) is 0 Å². The fourth-order valence-electron chi connectivity index (χ4n) is 2.20. The Kier molecular flexibility index (Phi) is 4.31. The van der Waals surface area contributed by atoms with Gasteiger partial charge in [0.25, 0.3) is 0 Å². The van der Waals surface area contributed by atoms with Crippen molar-refractivity contribution in [3.05, 3.63) is 52.4 Å². The molecule has 0 saturated heterocycles. The van der Waals surface area contributed by atoms with Gasteiger partial charge < -0.3 is 5.32 Å². The van der Waals surface area contributed by atoms with Crippen LogP contribution in [0.2, 0.25) is 0 Å². The van der Waals surface area contributed by atoms with Crippen LogP contribution >= 0.6 is 15.9 Å². The van der Waals surface area contributed by atoms with Crippen LogP contribution < -0.4 is 5.32 Å². The van der Waals surface area contributed by atoms with Gasteiger partial charge in [0.15, 0.2) is 0 Å². The van der Waals surface area contributed by atoms with Crippen molar-refractivity contribution >= 4 is 21.7 Å². The summed E-state index contributed by atoms with van der Waals surface area (Å²) in [5, 5.41) is 3.40. The molecular formula is C16H18BrN3. The van der Waals surface area contributed by atoms with Crippen molar-refractivity contribution in [2.75, 3.05) is 11.9 Å². The van der Waals surface area contributed by atoms with E-state index in [-0.39, 0.29) is 0 Å². The lowest BCUT2D eigenvalue weighted by atomic mass is 10.1. The second-order valence-electron chi connectivity index (χ2n) is 5.22. The molecule has 1 heterocycles. The van der Waals surface area contributed by atoms with Gasteiger partial charge in [-0.05, 0) is 47.2 Å². The van der Waals surface area contributed by atoms with Crippen LogP contribution in [-0.4, -0.2) is 16.5 Å². The van der Waals surface area contributed by atoms with Crippen molar-refractivity contribution < 1.29 is 0 Å². The van der Waals surface area contributed by atoms with Gasteiger partial charge in [0.2, 0.25) is 0 Å². The Morgan fingerprint density at radius 1 is 1.15 bits per heavy atom. The van der Waals surface area contributed by atoms with Gasteiger partial charge in [0.05, 0.1) is 0 Å². The Morgan fingerprint density at radius 2 is 1.95 bits per heavy atom. The van der Waals surface area contributed by atoms with E-state index < -0.39 is 0 Å². The number of nitrogens with zero attached hydrogens (tertiary/aromatic N) is 2. The average molecular weight is 332 g/mol. The summed E-state index contributed by atoms with van der Waals surface area (Å²) in [4.78, 5) is 9.03. The molecule has 0 aliphatic heterocycles. The number of aromatic nitrogens is 2. The Morgan fingerprint density at radius 3 is 2.70 bits per heavy atom. The summed E-state index contributed by atoms with van der Waals surface area (Å²) in [6.45, 7) is 0.933. The van der Waals surface area contributed by atoms with Gasteiger partial charge >= 0.3 is 0 Å². The molecule has 3 nitrogen and oxygen atoms in total. The van der Waals surface area contributed by atoms with Crippen molar-refractivity contribution in [2.45, 2.75) is 31.6 Å². The smallest absolute Gasteiger partial charge is 0.135 e. The lowest BCUT2D eigenvalue weighted by Crippen LogP contribution is -2.06. The highest BCUT2D eigenvalue weighted by atomic mass is 79.9. The summed E-state index contributed by atoms with van der Waals surface area (Å²) in [6, 6.07) is 12.5. The van der Waals surface area contributed by atoms with E-state index in [2.05, 4.69) is 61.5 Å². The minimum absolute atomic E-state index is 0.581.